The number of esters is 1. The number of unbranched alkanes of at least 4 members (excludes halogenated alkanes) is 1. The molecule has 0 unspecified atom stereocenters. The molecule has 2 aromatic rings. The highest BCUT2D eigenvalue weighted by Gasteiger charge is 2.09. The number of aromatic nitrogens is 1. The molecule has 0 N–H and O–H groups in total. The predicted molar refractivity (Wildman–Crippen MR) is 73.1 cm³/mol. The van der Waals surface area contributed by atoms with Crippen molar-refractivity contribution in [2.75, 3.05) is 6.61 Å². The average Bonchev–Trinajstić information content (AvgIpc) is 2.93. The summed E-state index contributed by atoms with van der Waals surface area (Å²) in [6, 6.07) is 4.84. The van der Waals surface area contributed by atoms with Crippen LogP contribution in [0.3, 0.4) is 0 Å². The number of carbonyl (C=O) groups excluding carboxylic acids is 1. The first kappa shape index (κ1) is 15.2. The Morgan fingerprint density at radius 3 is 2.90 bits per heavy atom. The van der Waals surface area contributed by atoms with E-state index in [1.165, 1.54) is 13.3 Å². The normalized spacial score (nSPS) is 10.6. The molecule has 0 aliphatic carbocycles. The van der Waals surface area contributed by atoms with Crippen LogP contribution in [0.25, 0.3) is 11.1 Å². The van der Waals surface area contributed by atoms with Crippen LogP contribution in [0.5, 0.6) is 0 Å². The summed E-state index contributed by atoms with van der Waals surface area (Å²) in [6.07, 6.45) is 1.08. The molecule has 0 saturated carbocycles. The van der Waals surface area contributed by atoms with E-state index in [0.717, 1.165) is 0 Å². The number of hydrogen-bond donors (Lipinski definition) is 0. The third-order valence-electron chi connectivity index (χ3n) is 3.07. The number of allylic oxidation sites excluding steroid dienone is 1. The summed E-state index contributed by atoms with van der Waals surface area (Å²) in [5.41, 5.74) is 1.66. The molecular formula is C15H15F2NO3. The number of oxazole rings is 1. The zero-order valence-corrected chi connectivity index (χ0v) is 11.6. The number of hydrogen-bond acceptors (Lipinski definition) is 4. The minimum absolute atomic E-state index is 0.0813. The number of halogens is 2. The molecule has 0 bridgehead atoms. The van der Waals surface area contributed by atoms with Gasteiger partial charge in [-0.1, -0.05) is 0 Å². The molecule has 2 rings (SSSR count). The highest BCUT2D eigenvalue weighted by molar-refractivity contribution is 5.93. The fourth-order valence-corrected chi connectivity index (χ4v) is 1.82. The lowest BCUT2D eigenvalue weighted by molar-refractivity contribution is 0.0498. The molecular weight excluding hydrogens is 280 g/mol. The van der Waals surface area contributed by atoms with Crippen molar-refractivity contribution in [3.8, 4) is 0 Å². The minimum Gasteiger partial charge on any atom is -0.462 e. The first-order chi connectivity index (χ1) is 10.1. The standard InChI is InChI=1S/C15H15F2NO3/c1-10(14(16)17)4-2-3-7-20-15(19)11-5-6-13-12(8-11)18-9-21-13/h5-6,8-9H,2-4,7H2,1H3. The monoisotopic (exact) mass is 295 g/mol. The van der Waals surface area contributed by atoms with Gasteiger partial charge in [-0.15, -0.1) is 0 Å². The van der Waals surface area contributed by atoms with Crippen LogP contribution in [0.1, 0.15) is 36.5 Å². The summed E-state index contributed by atoms with van der Waals surface area (Å²) in [4.78, 5) is 15.8. The van der Waals surface area contributed by atoms with Gasteiger partial charge >= 0.3 is 5.97 Å². The lowest BCUT2D eigenvalue weighted by Crippen LogP contribution is -2.06. The van der Waals surface area contributed by atoms with E-state index in [2.05, 4.69) is 4.98 Å². The topological polar surface area (TPSA) is 52.3 Å². The lowest BCUT2D eigenvalue weighted by atomic mass is 10.1. The molecule has 0 aliphatic rings. The molecule has 4 nitrogen and oxygen atoms in total. The molecule has 112 valence electrons. The Kier molecular flexibility index (Phi) is 5.03. The Labute approximate surface area is 120 Å². The van der Waals surface area contributed by atoms with Crippen LogP contribution < -0.4 is 0 Å². The van der Waals surface area contributed by atoms with Crippen LogP contribution in [0.4, 0.5) is 8.78 Å². The molecule has 0 aliphatic heterocycles. The van der Waals surface area contributed by atoms with Crippen LogP contribution in [0, 0.1) is 0 Å². The molecule has 1 aromatic carbocycles. The lowest BCUT2D eigenvalue weighted by Gasteiger charge is -2.05. The number of carbonyl (C=O) groups is 1. The fraction of sp³-hybridized carbons (Fsp3) is 0.333. The summed E-state index contributed by atoms with van der Waals surface area (Å²) < 4.78 is 34.5. The molecule has 1 heterocycles. The smallest absolute Gasteiger partial charge is 0.338 e. The van der Waals surface area contributed by atoms with Crippen molar-refractivity contribution in [1.82, 2.24) is 4.98 Å². The van der Waals surface area contributed by atoms with Crippen LogP contribution in [-0.2, 0) is 4.74 Å². The molecule has 0 amide bonds. The second-order valence-corrected chi connectivity index (χ2v) is 4.67. The Balaban J connectivity index is 1.78. The van der Waals surface area contributed by atoms with E-state index in [9.17, 15) is 13.6 Å². The van der Waals surface area contributed by atoms with Gasteiger partial charge in [-0.05, 0) is 50.0 Å². The van der Waals surface area contributed by atoms with E-state index in [0.29, 0.717) is 35.9 Å². The maximum absolute atomic E-state index is 12.2. The number of rotatable bonds is 6. The minimum atomic E-state index is -1.63. The van der Waals surface area contributed by atoms with Crippen molar-refractivity contribution in [3.05, 3.63) is 41.8 Å². The van der Waals surface area contributed by atoms with Gasteiger partial charge in [0.1, 0.15) is 5.52 Å². The first-order valence-electron chi connectivity index (χ1n) is 6.59. The van der Waals surface area contributed by atoms with Gasteiger partial charge in [0, 0.05) is 0 Å². The van der Waals surface area contributed by atoms with E-state index in [4.69, 9.17) is 9.15 Å². The van der Waals surface area contributed by atoms with Crippen LogP contribution in [0.2, 0.25) is 0 Å². The van der Waals surface area contributed by atoms with E-state index in [1.807, 2.05) is 0 Å². The van der Waals surface area contributed by atoms with E-state index >= 15 is 0 Å². The van der Waals surface area contributed by atoms with Crippen molar-refractivity contribution in [1.29, 1.82) is 0 Å². The molecule has 0 fully saturated rings. The van der Waals surface area contributed by atoms with Gasteiger partial charge in [0.2, 0.25) is 0 Å². The second-order valence-electron chi connectivity index (χ2n) is 4.67. The van der Waals surface area contributed by atoms with Gasteiger partial charge in [0.15, 0.2) is 12.0 Å². The van der Waals surface area contributed by atoms with E-state index in [-0.39, 0.29) is 12.2 Å². The fourth-order valence-electron chi connectivity index (χ4n) is 1.82. The Morgan fingerprint density at radius 1 is 1.33 bits per heavy atom. The first-order valence-corrected chi connectivity index (χ1v) is 6.59. The summed E-state index contributed by atoms with van der Waals surface area (Å²) in [5, 5.41) is 0. The van der Waals surface area contributed by atoms with Gasteiger partial charge in [-0.2, -0.15) is 8.78 Å². The Bertz CT molecular complexity index is 660. The summed E-state index contributed by atoms with van der Waals surface area (Å²) in [6.45, 7) is 1.60. The third kappa shape index (κ3) is 4.11. The molecule has 0 radical (unpaired) electrons. The van der Waals surface area contributed by atoms with Crippen molar-refractivity contribution in [3.63, 3.8) is 0 Å². The number of nitrogens with zero attached hydrogens (tertiary/aromatic N) is 1. The van der Waals surface area contributed by atoms with Crippen molar-refractivity contribution in [2.45, 2.75) is 26.2 Å². The van der Waals surface area contributed by atoms with Crippen LogP contribution in [-0.4, -0.2) is 17.6 Å². The molecule has 21 heavy (non-hydrogen) atoms. The molecule has 0 atom stereocenters. The van der Waals surface area contributed by atoms with Gasteiger partial charge in [-0.3, -0.25) is 0 Å². The molecule has 1 aromatic heterocycles. The van der Waals surface area contributed by atoms with Crippen LogP contribution >= 0.6 is 0 Å². The summed E-state index contributed by atoms with van der Waals surface area (Å²) >= 11 is 0. The summed E-state index contributed by atoms with van der Waals surface area (Å²) in [7, 11) is 0. The van der Waals surface area contributed by atoms with E-state index in [1.54, 1.807) is 18.2 Å². The molecule has 6 heteroatoms. The SMILES string of the molecule is CC(CCCCOC(=O)c1ccc2ocnc2c1)=C(F)F. The molecule has 0 saturated heterocycles. The molecule has 0 spiro atoms. The maximum atomic E-state index is 12.2. The third-order valence-corrected chi connectivity index (χ3v) is 3.07. The van der Waals surface area contributed by atoms with Gasteiger partial charge in [0.05, 0.1) is 12.2 Å². The van der Waals surface area contributed by atoms with E-state index < -0.39 is 12.0 Å². The Hall–Kier alpha value is -2.24. The van der Waals surface area contributed by atoms with Crippen molar-refractivity contribution in [2.24, 2.45) is 0 Å². The van der Waals surface area contributed by atoms with Gasteiger partial charge in [0.25, 0.3) is 6.08 Å². The van der Waals surface area contributed by atoms with Crippen LogP contribution in [0.15, 0.2) is 40.7 Å². The quantitative estimate of drug-likeness (QED) is 0.588. The van der Waals surface area contributed by atoms with Gasteiger partial charge < -0.3 is 9.15 Å². The van der Waals surface area contributed by atoms with Crippen molar-refractivity contribution >= 4 is 17.1 Å². The van der Waals surface area contributed by atoms with Gasteiger partial charge in [-0.25, -0.2) is 9.78 Å². The summed E-state index contributed by atoms with van der Waals surface area (Å²) in [5.74, 6) is -0.455. The van der Waals surface area contributed by atoms with Crippen molar-refractivity contribution < 1.29 is 22.7 Å². The Morgan fingerprint density at radius 2 is 2.14 bits per heavy atom. The largest absolute Gasteiger partial charge is 0.462 e. The number of fused-ring (bicyclic) bond motifs is 1. The predicted octanol–water partition coefficient (Wildman–Crippen LogP) is 4.33. The average molecular weight is 295 g/mol. The highest BCUT2D eigenvalue weighted by atomic mass is 19.3. The highest BCUT2D eigenvalue weighted by Crippen LogP contribution is 2.16. The zero-order valence-electron chi connectivity index (χ0n) is 11.6. The second kappa shape index (κ2) is 6.97. The zero-order chi connectivity index (χ0) is 15.2. The number of benzene rings is 1. The maximum Gasteiger partial charge on any atom is 0.338 e. The number of ether oxygens (including phenoxy) is 1.